The fourth-order valence-electron chi connectivity index (χ4n) is 2.71. The maximum Gasteiger partial charge on any atom is 0.420 e. The van der Waals surface area contributed by atoms with Crippen molar-refractivity contribution in [3.8, 4) is 11.3 Å². The van der Waals surface area contributed by atoms with Crippen LogP contribution in [0.2, 0.25) is 5.15 Å². The third-order valence-corrected chi connectivity index (χ3v) is 4.35. The minimum atomic E-state index is -4.71. The number of hydrogen-bond acceptors (Lipinski definition) is 4. The molecule has 0 aromatic carbocycles. The van der Waals surface area contributed by atoms with Gasteiger partial charge < -0.3 is 14.2 Å². The topological polar surface area (TPSA) is 72.7 Å². The number of amides is 1. The van der Waals surface area contributed by atoms with E-state index in [1.165, 1.54) is 24.8 Å². The highest BCUT2D eigenvalue weighted by atomic mass is 35.5. The quantitative estimate of drug-likeness (QED) is 0.526. The van der Waals surface area contributed by atoms with Crippen LogP contribution in [0.25, 0.3) is 17.0 Å². The lowest BCUT2D eigenvalue weighted by atomic mass is 10.1. The van der Waals surface area contributed by atoms with Crippen molar-refractivity contribution < 1.29 is 26.8 Å². The molecule has 144 valence electrons. The zero-order valence-corrected chi connectivity index (χ0v) is 14.7. The van der Waals surface area contributed by atoms with Gasteiger partial charge in [0.2, 0.25) is 0 Å². The van der Waals surface area contributed by atoms with Crippen LogP contribution in [0, 0.1) is 0 Å². The van der Waals surface area contributed by atoms with Gasteiger partial charge in [-0.2, -0.15) is 13.2 Å². The summed E-state index contributed by atoms with van der Waals surface area (Å²) < 4.78 is 52.0. The fraction of sp³-hybridized carbons (Fsp3) is 0.111. The van der Waals surface area contributed by atoms with Crippen molar-refractivity contribution in [3.63, 3.8) is 0 Å². The van der Waals surface area contributed by atoms with Gasteiger partial charge >= 0.3 is 6.18 Å². The molecule has 1 amide bonds. The fourth-order valence-corrected chi connectivity index (χ4v) is 2.97. The Morgan fingerprint density at radius 3 is 2.61 bits per heavy atom. The third-order valence-electron chi connectivity index (χ3n) is 3.99. The van der Waals surface area contributed by atoms with Gasteiger partial charge in [-0.05, 0) is 30.3 Å². The first-order valence-corrected chi connectivity index (χ1v) is 8.35. The van der Waals surface area contributed by atoms with Crippen molar-refractivity contribution in [2.75, 3.05) is 0 Å². The van der Waals surface area contributed by atoms with Gasteiger partial charge in [0.05, 0.1) is 24.6 Å². The standard InChI is InChI=1S/C18H11ClF3N3O3/c19-15-14(17(26)23-8-11-3-1-5-27-11)24-16-12(18(20,21)22)7-10(9-25(15)16)13-4-2-6-28-13/h1-7,9H,8H2,(H,23,26). The van der Waals surface area contributed by atoms with Crippen LogP contribution in [0.3, 0.4) is 0 Å². The summed E-state index contributed by atoms with van der Waals surface area (Å²) in [5.74, 6) is -0.0249. The largest absolute Gasteiger partial charge is 0.467 e. The SMILES string of the molecule is O=C(NCc1ccco1)c1nc2c(C(F)(F)F)cc(-c3ccco3)cn2c1Cl. The third kappa shape index (κ3) is 3.24. The van der Waals surface area contributed by atoms with Gasteiger partial charge in [0.15, 0.2) is 11.3 Å². The second-order valence-corrected chi connectivity index (χ2v) is 6.18. The number of nitrogens with one attached hydrogen (secondary N) is 1. The molecule has 28 heavy (non-hydrogen) atoms. The van der Waals surface area contributed by atoms with E-state index >= 15 is 0 Å². The van der Waals surface area contributed by atoms with E-state index in [1.807, 2.05) is 0 Å². The van der Waals surface area contributed by atoms with E-state index in [0.29, 0.717) is 5.76 Å². The number of rotatable bonds is 4. The van der Waals surface area contributed by atoms with E-state index < -0.39 is 23.3 Å². The van der Waals surface area contributed by atoms with Crippen LogP contribution < -0.4 is 5.32 Å². The molecule has 0 fully saturated rings. The predicted octanol–water partition coefficient (Wildman–Crippen LogP) is 4.79. The van der Waals surface area contributed by atoms with Gasteiger partial charge in [-0.15, -0.1) is 0 Å². The molecule has 0 saturated heterocycles. The van der Waals surface area contributed by atoms with E-state index in [9.17, 15) is 18.0 Å². The van der Waals surface area contributed by atoms with Gasteiger partial charge in [-0.25, -0.2) is 4.98 Å². The molecule has 0 aliphatic carbocycles. The molecule has 4 rings (SSSR count). The van der Waals surface area contributed by atoms with Gasteiger partial charge in [0, 0.05) is 11.8 Å². The smallest absolute Gasteiger partial charge is 0.420 e. The normalized spacial score (nSPS) is 11.9. The van der Waals surface area contributed by atoms with Crippen molar-refractivity contribution in [2.45, 2.75) is 12.7 Å². The first-order chi connectivity index (χ1) is 13.3. The number of halogens is 4. The average Bonchev–Trinajstić information content (AvgIpc) is 3.40. The number of carbonyl (C=O) groups is 1. The monoisotopic (exact) mass is 409 g/mol. The Kier molecular flexibility index (Phi) is 4.38. The van der Waals surface area contributed by atoms with Crippen molar-refractivity contribution in [2.24, 2.45) is 0 Å². The lowest BCUT2D eigenvalue weighted by Gasteiger charge is -2.10. The summed E-state index contributed by atoms with van der Waals surface area (Å²) in [6, 6.07) is 7.26. The van der Waals surface area contributed by atoms with Crippen LogP contribution in [0.1, 0.15) is 21.8 Å². The summed E-state index contributed by atoms with van der Waals surface area (Å²) >= 11 is 6.19. The van der Waals surface area contributed by atoms with Crippen LogP contribution in [0.4, 0.5) is 13.2 Å². The molecule has 4 aromatic heterocycles. The summed E-state index contributed by atoms with van der Waals surface area (Å²) in [7, 11) is 0. The Morgan fingerprint density at radius 1 is 1.21 bits per heavy atom. The molecule has 0 saturated carbocycles. The number of alkyl halides is 3. The van der Waals surface area contributed by atoms with Crippen LogP contribution in [-0.4, -0.2) is 15.3 Å². The zero-order valence-electron chi connectivity index (χ0n) is 14.0. The highest BCUT2D eigenvalue weighted by Crippen LogP contribution is 2.37. The molecule has 0 aliphatic heterocycles. The van der Waals surface area contributed by atoms with Crippen LogP contribution in [0.5, 0.6) is 0 Å². The molecule has 1 N–H and O–H groups in total. The van der Waals surface area contributed by atoms with Crippen molar-refractivity contribution in [3.05, 3.63) is 71.2 Å². The first-order valence-electron chi connectivity index (χ1n) is 7.98. The van der Waals surface area contributed by atoms with Crippen molar-refractivity contribution in [1.82, 2.24) is 14.7 Å². The minimum Gasteiger partial charge on any atom is -0.467 e. The first kappa shape index (κ1) is 18.2. The number of fused-ring (bicyclic) bond motifs is 1. The highest BCUT2D eigenvalue weighted by Gasteiger charge is 2.36. The Hall–Kier alpha value is -3.20. The minimum absolute atomic E-state index is 0.0415. The number of carbonyl (C=O) groups excluding carboxylic acids is 1. The van der Waals surface area contributed by atoms with E-state index in [4.69, 9.17) is 20.4 Å². The second-order valence-electron chi connectivity index (χ2n) is 5.82. The number of hydrogen-bond donors (Lipinski definition) is 1. The molecular formula is C18H11ClF3N3O3. The highest BCUT2D eigenvalue weighted by molar-refractivity contribution is 6.33. The zero-order chi connectivity index (χ0) is 19.9. The number of pyridine rings is 1. The Bertz CT molecular complexity index is 1130. The Labute approximate surface area is 160 Å². The van der Waals surface area contributed by atoms with Crippen molar-refractivity contribution >= 4 is 23.2 Å². The van der Waals surface area contributed by atoms with Crippen LogP contribution >= 0.6 is 11.6 Å². The molecule has 0 spiro atoms. The Morgan fingerprint density at radius 2 is 1.96 bits per heavy atom. The van der Waals surface area contributed by atoms with E-state index in [2.05, 4.69) is 10.3 Å². The molecule has 10 heteroatoms. The summed E-state index contributed by atoms with van der Waals surface area (Å²) in [5, 5.41) is 2.27. The summed E-state index contributed by atoms with van der Waals surface area (Å²) in [6.45, 7) is 0.0415. The number of imidazole rings is 1. The van der Waals surface area contributed by atoms with E-state index in [-0.39, 0.29) is 28.7 Å². The average molecular weight is 410 g/mol. The number of nitrogens with zero attached hydrogens (tertiary/aromatic N) is 2. The molecule has 4 aromatic rings. The van der Waals surface area contributed by atoms with Gasteiger partial charge in [-0.3, -0.25) is 9.20 Å². The number of aromatic nitrogens is 2. The maximum absolute atomic E-state index is 13.6. The summed E-state index contributed by atoms with van der Waals surface area (Å²) in [6.07, 6.45) is -0.594. The van der Waals surface area contributed by atoms with Crippen molar-refractivity contribution in [1.29, 1.82) is 0 Å². The molecule has 0 atom stereocenters. The molecule has 6 nitrogen and oxygen atoms in total. The van der Waals surface area contributed by atoms with E-state index in [0.717, 1.165) is 10.5 Å². The molecular weight excluding hydrogens is 399 g/mol. The summed E-state index contributed by atoms with van der Waals surface area (Å²) in [4.78, 5) is 16.2. The Balaban J connectivity index is 1.79. The van der Waals surface area contributed by atoms with Gasteiger partial charge in [0.1, 0.15) is 16.7 Å². The van der Waals surface area contributed by atoms with Crippen LogP contribution in [-0.2, 0) is 12.7 Å². The number of furan rings is 2. The molecule has 0 unspecified atom stereocenters. The molecule has 0 bridgehead atoms. The lowest BCUT2D eigenvalue weighted by Crippen LogP contribution is -2.23. The van der Waals surface area contributed by atoms with Gasteiger partial charge in [-0.1, -0.05) is 11.6 Å². The van der Waals surface area contributed by atoms with Crippen LogP contribution in [0.15, 0.2) is 57.9 Å². The van der Waals surface area contributed by atoms with E-state index in [1.54, 1.807) is 18.2 Å². The second kappa shape index (κ2) is 6.75. The summed E-state index contributed by atoms with van der Waals surface area (Å²) in [5.41, 5.74) is -1.69. The molecule has 0 radical (unpaired) electrons. The molecule has 4 heterocycles. The lowest BCUT2D eigenvalue weighted by molar-refractivity contribution is -0.136. The molecule has 0 aliphatic rings. The predicted molar refractivity (Wildman–Crippen MR) is 92.8 cm³/mol. The van der Waals surface area contributed by atoms with Gasteiger partial charge in [0.25, 0.3) is 5.91 Å². The maximum atomic E-state index is 13.6.